The highest BCUT2D eigenvalue weighted by molar-refractivity contribution is 6.33. The summed E-state index contributed by atoms with van der Waals surface area (Å²) in [4.78, 5) is 21.6. The topological polar surface area (TPSA) is 97.9 Å². The summed E-state index contributed by atoms with van der Waals surface area (Å²) in [6.07, 6.45) is 3.84. The van der Waals surface area contributed by atoms with Crippen molar-refractivity contribution in [1.82, 2.24) is 25.0 Å². The van der Waals surface area contributed by atoms with E-state index in [9.17, 15) is 4.79 Å². The molecule has 4 aromatic rings. The largest absolute Gasteiger partial charge is 0.368 e. The minimum absolute atomic E-state index is 0.276. The second-order valence-corrected chi connectivity index (χ2v) is 7.28. The number of benzene rings is 1. The van der Waals surface area contributed by atoms with Crippen LogP contribution in [0.25, 0.3) is 17.1 Å². The third-order valence-corrected chi connectivity index (χ3v) is 4.96. The van der Waals surface area contributed by atoms with E-state index in [1.54, 1.807) is 19.1 Å². The molecule has 0 aliphatic rings. The van der Waals surface area contributed by atoms with Crippen molar-refractivity contribution in [2.75, 3.05) is 18.4 Å². The first-order valence-corrected chi connectivity index (χ1v) is 10.1. The molecule has 0 atom stereocenters. The van der Waals surface area contributed by atoms with Gasteiger partial charge in [0.25, 0.3) is 5.91 Å². The second kappa shape index (κ2) is 9.01. The molecule has 1 aromatic carbocycles. The number of nitrogens with zero attached hydrogens (tertiary/aromatic N) is 4. The summed E-state index contributed by atoms with van der Waals surface area (Å²) in [7, 11) is 0. The molecule has 0 aliphatic heterocycles. The lowest BCUT2D eigenvalue weighted by molar-refractivity contribution is 0.0954. The number of carbonyl (C=O) groups is 1. The monoisotopic (exact) mass is 436 g/mol. The van der Waals surface area contributed by atoms with E-state index in [1.807, 2.05) is 54.2 Å². The van der Waals surface area contributed by atoms with Crippen LogP contribution < -0.4 is 10.6 Å². The zero-order valence-electron chi connectivity index (χ0n) is 17.1. The van der Waals surface area contributed by atoms with Gasteiger partial charge in [0.1, 0.15) is 34.5 Å². The van der Waals surface area contributed by atoms with Gasteiger partial charge in [0.05, 0.1) is 5.02 Å². The fourth-order valence-electron chi connectivity index (χ4n) is 3.19. The Kier molecular flexibility index (Phi) is 5.99. The standard InChI is InChI=1S/C22H21ClN6O2/c1-14-20(21(28-31-14)16-7-3-4-8-17(16)23)22(30)25-10-9-24-18-13-19(27-15(2)26-18)29-11-5-6-12-29/h3-8,11-13H,9-10H2,1-2H3,(H,25,30)(H,24,26,27). The molecular weight excluding hydrogens is 416 g/mol. The highest BCUT2D eigenvalue weighted by Gasteiger charge is 2.22. The Bertz CT molecular complexity index is 1200. The van der Waals surface area contributed by atoms with Crippen LogP contribution in [0.4, 0.5) is 5.82 Å². The molecule has 2 N–H and O–H groups in total. The minimum Gasteiger partial charge on any atom is -0.368 e. The quantitative estimate of drug-likeness (QED) is 0.424. The summed E-state index contributed by atoms with van der Waals surface area (Å²) in [6, 6.07) is 12.9. The molecule has 0 radical (unpaired) electrons. The Labute approximate surface area is 184 Å². The molecule has 4 rings (SSSR count). The first kappa shape index (κ1) is 20.6. The van der Waals surface area contributed by atoms with Crippen LogP contribution in [0.3, 0.4) is 0 Å². The number of carbonyl (C=O) groups excluding carboxylic acids is 1. The van der Waals surface area contributed by atoms with Crippen LogP contribution in [-0.2, 0) is 0 Å². The number of rotatable bonds is 7. The third-order valence-electron chi connectivity index (χ3n) is 4.63. The van der Waals surface area contributed by atoms with Crippen molar-refractivity contribution in [3.05, 3.63) is 77.0 Å². The van der Waals surface area contributed by atoms with Gasteiger partial charge in [0.2, 0.25) is 0 Å². The molecule has 0 fully saturated rings. The number of nitrogens with one attached hydrogen (secondary N) is 2. The van der Waals surface area contributed by atoms with Gasteiger partial charge < -0.3 is 19.7 Å². The van der Waals surface area contributed by atoms with E-state index in [2.05, 4.69) is 25.8 Å². The summed E-state index contributed by atoms with van der Waals surface area (Å²) >= 11 is 6.26. The van der Waals surface area contributed by atoms with Crippen molar-refractivity contribution in [1.29, 1.82) is 0 Å². The molecule has 8 nitrogen and oxygen atoms in total. The number of hydrogen-bond acceptors (Lipinski definition) is 6. The van der Waals surface area contributed by atoms with E-state index in [0.717, 1.165) is 5.82 Å². The van der Waals surface area contributed by atoms with Gasteiger partial charge in [-0.3, -0.25) is 4.79 Å². The Hall–Kier alpha value is -3.65. The van der Waals surface area contributed by atoms with E-state index in [1.165, 1.54) is 0 Å². The number of aromatic nitrogens is 4. The molecule has 3 aromatic heterocycles. The van der Waals surface area contributed by atoms with Gasteiger partial charge in [-0.1, -0.05) is 35.0 Å². The zero-order valence-corrected chi connectivity index (χ0v) is 17.8. The lowest BCUT2D eigenvalue weighted by atomic mass is 10.1. The van der Waals surface area contributed by atoms with Crippen molar-refractivity contribution < 1.29 is 9.32 Å². The predicted molar refractivity (Wildman–Crippen MR) is 119 cm³/mol. The van der Waals surface area contributed by atoms with Crippen LogP contribution in [0.2, 0.25) is 5.02 Å². The molecule has 31 heavy (non-hydrogen) atoms. The van der Waals surface area contributed by atoms with Gasteiger partial charge in [-0.15, -0.1) is 0 Å². The summed E-state index contributed by atoms with van der Waals surface area (Å²) in [5.41, 5.74) is 1.45. The smallest absolute Gasteiger partial charge is 0.257 e. The van der Waals surface area contributed by atoms with Crippen molar-refractivity contribution in [3.63, 3.8) is 0 Å². The maximum atomic E-state index is 12.8. The van der Waals surface area contributed by atoms with Crippen molar-refractivity contribution in [2.45, 2.75) is 13.8 Å². The normalized spacial score (nSPS) is 10.8. The van der Waals surface area contributed by atoms with Crippen LogP contribution >= 0.6 is 11.6 Å². The SMILES string of the molecule is Cc1nc(NCCNC(=O)c2c(-c3ccccc3Cl)noc2C)cc(-n2cccc2)n1. The van der Waals surface area contributed by atoms with Crippen LogP contribution in [0.15, 0.2) is 59.4 Å². The lowest BCUT2D eigenvalue weighted by Gasteiger charge is -2.10. The molecule has 0 saturated carbocycles. The van der Waals surface area contributed by atoms with Crippen molar-refractivity contribution in [3.8, 4) is 17.1 Å². The number of aryl methyl sites for hydroxylation is 2. The molecule has 158 valence electrons. The average molecular weight is 437 g/mol. The van der Waals surface area contributed by atoms with E-state index < -0.39 is 0 Å². The molecule has 0 aliphatic carbocycles. The van der Waals surface area contributed by atoms with Gasteiger partial charge in [-0.25, -0.2) is 9.97 Å². The fraction of sp³-hybridized carbons (Fsp3) is 0.182. The summed E-state index contributed by atoms with van der Waals surface area (Å²) < 4.78 is 7.17. The molecular formula is C22H21ClN6O2. The van der Waals surface area contributed by atoms with Gasteiger partial charge in [-0.2, -0.15) is 0 Å². The van der Waals surface area contributed by atoms with E-state index >= 15 is 0 Å². The minimum atomic E-state index is -0.276. The summed E-state index contributed by atoms with van der Waals surface area (Å²) in [6.45, 7) is 4.41. The molecule has 0 spiro atoms. The van der Waals surface area contributed by atoms with Gasteiger partial charge >= 0.3 is 0 Å². The molecule has 0 saturated heterocycles. The summed E-state index contributed by atoms with van der Waals surface area (Å²) in [5.74, 6) is 2.27. The molecule has 9 heteroatoms. The van der Waals surface area contributed by atoms with E-state index in [-0.39, 0.29) is 5.91 Å². The Morgan fingerprint density at radius 1 is 1.10 bits per heavy atom. The number of anilines is 1. The van der Waals surface area contributed by atoms with Gasteiger partial charge in [0, 0.05) is 37.1 Å². The second-order valence-electron chi connectivity index (χ2n) is 6.87. The first-order valence-electron chi connectivity index (χ1n) is 9.75. The Balaban J connectivity index is 1.40. The van der Waals surface area contributed by atoms with Gasteiger partial charge in [-0.05, 0) is 32.0 Å². The molecule has 3 heterocycles. The van der Waals surface area contributed by atoms with Crippen LogP contribution in [0.1, 0.15) is 21.9 Å². The van der Waals surface area contributed by atoms with Gasteiger partial charge in [0.15, 0.2) is 0 Å². The van der Waals surface area contributed by atoms with Crippen molar-refractivity contribution >= 4 is 23.3 Å². The Morgan fingerprint density at radius 3 is 2.65 bits per heavy atom. The maximum Gasteiger partial charge on any atom is 0.257 e. The number of amides is 1. The highest BCUT2D eigenvalue weighted by Crippen LogP contribution is 2.30. The Morgan fingerprint density at radius 2 is 1.87 bits per heavy atom. The maximum absolute atomic E-state index is 12.8. The van der Waals surface area contributed by atoms with E-state index in [0.29, 0.717) is 52.3 Å². The molecule has 0 bridgehead atoms. The lowest BCUT2D eigenvalue weighted by Crippen LogP contribution is -2.29. The third kappa shape index (κ3) is 4.59. The predicted octanol–water partition coefficient (Wildman–Crippen LogP) is 4.03. The molecule has 0 unspecified atom stereocenters. The number of hydrogen-bond donors (Lipinski definition) is 2. The number of halogens is 1. The fourth-order valence-corrected chi connectivity index (χ4v) is 3.42. The highest BCUT2D eigenvalue weighted by atomic mass is 35.5. The van der Waals surface area contributed by atoms with Crippen LogP contribution in [0.5, 0.6) is 0 Å². The summed E-state index contributed by atoms with van der Waals surface area (Å²) in [5, 5.41) is 10.6. The van der Waals surface area contributed by atoms with E-state index in [4.69, 9.17) is 16.1 Å². The van der Waals surface area contributed by atoms with Crippen LogP contribution in [0, 0.1) is 13.8 Å². The zero-order chi connectivity index (χ0) is 21.8. The molecule has 1 amide bonds. The first-order chi connectivity index (χ1) is 15.0. The average Bonchev–Trinajstić information content (AvgIpc) is 3.41. The van der Waals surface area contributed by atoms with Crippen molar-refractivity contribution in [2.24, 2.45) is 0 Å². The van der Waals surface area contributed by atoms with Crippen LogP contribution in [-0.4, -0.2) is 38.7 Å².